The molecule has 1 aliphatic heterocycles. The van der Waals surface area contributed by atoms with E-state index in [9.17, 15) is 4.79 Å². The molecule has 0 radical (unpaired) electrons. The van der Waals surface area contributed by atoms with Crippen LogP contribution >= 0.6 is 24.0 Å². The molecule has 1 saturated heterocycles. The third-order valence-electron chi connectivity index (χ3n) is 3.94. The van der Waals surface area contributed by atoms with Crippen molar-refractivity contribution in [3.05, 3.63) is 18.5 Å². The summed E-state index contributed by atoms with van der Waals surface area (Å²) in [4.78, 5) is 28.4. The van der Waals surface area contributed by atoms with Crippen LogP contribution in [0, 0.1) is 0 Å². The second-order valence-corrected chi connectivity index (χ2v) is 5.53. The van der Waals surface area contributed by atoms with E-state index in [0.29, 0.717) is 6.42 Å². The van der Waals surface area contributed by atoms with Crippen LogP contribution in [-0.2, 0) is 9.53 Å². The van der Waals surface area contributed by atoms with Gasteiger partial charge in [0.25, 0.3) is 0 Å². The highest BCUT2D eigenvalue weighted by atomic mass is 127. The molecule has 0 bridgehead atoms. The Hall–Kier alpha value is -1.65. The number of carbonyl (C=O) groups is 1. The molecule has 1 aromatic rings. The van der Waals surface area contributed by atoms with E-state index >= 15 is 0 Å². The molecule has 2 rings (SSSR count). The maximum absolute atomic E-state index is 11.1. The van der Waals surface area contributed by atoms with Crippen molar-refractivity contribution in [1.29, 1.82) is 0 Å². The molecule has 8 nitrogen and oxygen atoms in total. The third kappa shape index (κ3) is 7.00. The number of halogens is 1. The lowest BCUT2D eigenvalue weighted by Gasteiger charge is -2.36. The highest BCUT2D eigenvalue weighted by Gasteiger charge is 2.20. The molecule has 0 aromatic carbocycles. The van der Waals surface area contributed by atoms with Crippen molar-refractivity contribution in [2.24, 2.45) is 4.99 Å². The van der Waals surface area contributed by atoms with E-state index in [1.54, 1.807) is 19.4 Å². The van der Waals surface area contributed by atoms with Crippen molar-refractivity contribution in [3.8, 4) is 0 Å². The van der Waals surface area contributed by atoms with Crippen molar-refractivity contribution in [2.75, 3.05) is 51.8 Å². The Morgan fingerprint density at radius 3 is 2.52 bits per heavy atom. The van der Waals surface area contributed by atoms with E-state index in [1.165, 1.54) is 7.11 Å². The van der Waals surface area contributed by atoms with Gasteiger partial charge in [-0.25, -0.2) is 9.97 Å². The van der Waals surface area contributed by atoms with E-state index in [1.807, 2.05) is 6.07 Å². The zero-order valence-electron chi connectivity index (χ0n) is 14.8. The number of methoxy groups -OCH3 is 1. The molecule has 1 aromatic heterocycles. The van der Waals surface area contributed by atoms with Gasteiger partial charge < -0.3 is 19.9 Å². The van der Waals surface area contributed by atoms with Crippen LogP contribution in [0.15, 0.2) is 23.5 Å². The number of hydrogen-bond donors (Lipinski definition) is 1. The molecule has 0 atom stereocenters. The number of esters is 1. The number of piperazine rings is 1. The van der Waals surface area contributed by atoms with Gasteiger partial charge in [0.05, 0.1) is 7.11 Å². The van der Waals surface area contributed by atoms with E-state index in [2.05, 4.69) is 34.8 Å². The Bertz CT molecular complexity index is 535. The number of aliphatic imine (C=N–C) groups is 1. The molecule has 2 heterocycles. The second-order valence-electron chi connectivity index (χ2n) is 5.53. The monoisotopic (exact) mass is 462 g/mol. The number of nitrogens with one attached hydrogen (secondary N) is 1. The largest absolute Gasteiger partial charge is 0.469 e. The minimum absolute atomic E-state index is 0. The Kier molecular flexibility index (Phi) is 10.1. The lowest BCUT2D eigenvalue weighted by molar-refractivity contribution is -0.140. The number of carbonyl (C=O) groups excluding carboxylic acids is 1. The van der Waals surface area contributed by atoms with Gasteiger partial charge in [0, 0.05) is 58.6 Å². The normalized spacial score (nSPS) is 14.7. The van der Waals surface area contributed by atoms with E-state index in [-0.39, 0.29) is 29.9 Å². The highest BCUT2D eigenvalue weighted by molar-refractivity contribution is 14.0. The molecule has 140 valence electrons. The Labute approximate surface area is 166 Å². The predicted molar refractivity (Wildman–Crippen MR) is 108 cm³/mol. The summed E-state index contributed by atoms with van der Waals surface area (Å²) >= 11 is 0. The van der Waals surface area contributed by atoms with E-state index in [4.69, 9.17) is 0 Å². The summed E-state index contributed by atoms with van der Waals surface area (Å²) < 4.78 is 4.63. The average Bonchev–Trinajstić information content (AvgIpc) is 2.65. The lowest BCUT2D eigenvalue weighted by atomic mass is 10.2. The van der Waals surface area contributed by atoms with Crippen LogP contribution in [0.4, 0.5) is 5.95 Å². The summed E-state index contributed by atoms with van der Waals surface area (Å²) in [5.74, 6) is 1.53. The Morgan fingerprint density at radius 2 is 1.92 bits per heavy atom. The van der Waals surface area contributed by atoms with Crippen LogP contribution < -0.4 is 10.2 Å². The third-order valence-corrected chi connectivity index (χ3v) is 3.94. The van der Waals surface area contributed by atoms with E-state index in [0.717, 1.165) is 57.5 Å². The molecule has 0 unspecified atom stereocenters. The fraction of sp³-hybridized carbons (Fsp3) is 0.625. The molecule has 0 amide bonds. The standard InChI is InChI=1S/C16H26N6O2.HI/c1-17-15(18-7-4-3-6-14(23)24-2)21-10-12-22(13-11-21)16-19-8-5-9-20-16;/h5,8-9H,3-4,6-7,10-13H2,1-2H3,(H,17,18);1H. The van der Waals surface area contributed by atoms with Gasteiger partial charge in [-0.3, -0.25) is 9.79 Å². The summed E-state index contributed by atoms with van der Waals surface area (Å²) in [6.07, 6.45) is 5.72. The molecule has 0 aliphatic carbocycles. The Morgan fingerprint density at radius 1 is 1.24 bits per heavy atom. The summed E-state index contributed by atoms with van der Waals surface area (Å²) in [6, 6.07) is 1.83. The van der Waals surface area contributed by atoms with Crippen molar-refractivity contribution in [1.82, 2.24) is 20.2 Å². The van der Waals surface area contributed by atoms with Gasteiger partial charge >= 0.3 is 5.97 Å². The van der Waals surface area contributed by atoms with Gasteiger partial charge in [-0.15, -0.1) is 24.0 Å². The number of anilines is 1. The van der Waals surface area contributed by atoms with Crippen LogP contribution in [0.2, 0.25) is 0 Å². The predicted octanol–water partition coefficient (Wildman–Crippen LogP) is 1.14. The number of guanidine groups is 1. The zero-order valence-corrected chi connectivity index (χ0v) is 17.2. The number of nitrogens with zero attached hydrogens (tertiary/aromatic N) is 5. The maximum Gasteiger partial charge on any atom is 0.305 e. The van der Waals surface area contributed by atoms with Crippen LogP contribution in [0.1, 0.15) is 19.3 Å². The molecule has 1 aliphatic rings. The summed E-state index contributed by atoms with van der Waals surface area (Å²) in [6.45, 7) is 4.28. The molecule has 0 saturated carbocycles. The van der Waals surface area contributed by atoms with E-state index < -0.39 is 0 Å². The number of hydrogen-bond acceptors (Lipinski definition) is 6. The molecule has 1 N–H and O–H groups in total. The first-order valence-electron chi connectivity index (χ1n) is 8.29. The molecular weight excluding hydrogens is 435 g/mol. The average molecular weight is 462 g/mol. The summed E-state index contributed by atoms with van der Waals surface area (Å²) in [5, 5.41) is 3.36. The number of ether oxygens (including phenoxy) is 1. The smallest absolute Gasteiger partial charge is 0.305 e. The first-order valence-corrected chi connectivity index (χ1v) is 8.29. The number of aromatic nitrogens is 2. The van der Waals surface area contributed by atoms with Crippen molar-refractivity contribution in [2.45, 2.75) is 19.3 Å². The first kappa shape index (κ1) is 21.4. The zero-order chi connectivity index (χ0) is 17.2. The van der Waals surface area contributed by atoms with Crippen molar-refractivity contribution < 1.29 is 9.53 Å². The van der Waals surface area contributed by atoms with Crippen molar-refractivity contribution >= 4 is 41.9 Å². The molecule has 1 fully saturated rings. The van der Waals surface area contributed by atoms with Gasteiger partial charge in [0.15, 0.2) is 5.96 Å². The topological polar surface area (TPSA) is 83.0 Å². The van der Waals surface area contributed by atoms with Gasteiger partial charge in [-0.05, 0) is 18.9 Å². The van der Waals surface area contributed by atoms with Crippen LogP contribution in [0.25, 0.3) is 0 Å². The highest BCUT2D eigenvalue weighted by Crippen LogP contribution is 2.09. The fourth-order valence-corrected chi connectivity index (χ4v) is 2.60. The Balaban J connectivity index is 0.00000312. The lowest BCUT2D eigenvalue weighted by Crippen LogP contribution is -2.53. The number of unbranched alkanes of at least 4 members (excludes halogenated alkanes) is 1. The maximum atomic E-state index is 11.1. The SMILES string of the molecule is CN=C(NCCCCC(=O)OC)N1CCN(c2ncccn2)CC1.I. The summed E-state index contributed by atoms with van der Waals surface area (Å²) in [5.41, 5.74) is 0. The van der Waals surface area contributed by atoms with Gasteiger partial charge in [-0.1, -0.05) is 0 Å². The van der Waals surface area contributed by atoms with Crippen LogP contribution in [-0.4, -0.2) is 73.7 Å². The van der Waals surface area contributed by atoms with Gasteiger partial charge in [0.1, 0.15) is 0 Å². The quantitative estimate of drug-likeness (QED) is 0.223. The first-order chi connectivity index (χ1) is 11.7. The van der Waals surface area contributed by atoms with Gasteiger partial charge in [-0.2, -0.15) is 0 Å². The fourth-order valence-electron chi connectivity index (χ4n) is 2.60. The van der Waals surface area contributed by atoms with Gasteiger partial charge in [0.2, 0.25) is 5.95 Å². The van der Waals surface area contributed by atoms with Crippen LogP contribution in [0.5, 0.6) is 0 Å². The molecule has 0 spiro atoms. The second kappa shape index (κ2) is 11.8. The molecule has 25 heavy (non-hydrogen) atoms. The van der Waals surface area contributed by atoms with Crippen LogP contribution in [0.3, 0.4) is 0 Å². The summed E-state index contributed by atoms with van der Waals surface area (Å²) in [7, 11) is 3.21. The molecule has 9 heteroatoms. The number of rotatable bonds is 6. The minimum atomic E-state index is -0.154. The van der Waals surface area contributed by atoms with Crippen molar-refractivity contribution in [3.63, 3.8) is 0 Å². The molecular formula is C16H27IN6O2. The minimum Gasteiger partial charge on any atom is -0.469 e.